The minimum atomic E-state index is -0.500. The van der Waals surface area contributed by atoms with E-state index in [-0.39, 0.29) is 19.1 Å². The van der Waals surface area contributed by atoms with Gasteiger partial charge in [-0.25, -0.2) is 4.79 Å². The smallest absolute Gasteiger partial charge is 0.332 e. The molecule has 1 saturated heterocycles. The molecular formula is C24H29N7O3S. The van der Waals surface area contributed by atoms with Gasteiger partial charge in [0, 0.05) is 26.2 Å². The van der Waals surface area contributed by atoms with Crippen LogP contribution in [0, 0.1) is 11.8 Å². The molecule has 1 aliphatic heterocycles. The SMILES string of the molecule is CC#CCn1c(N2CCCC(N)C2)nc2c1c(=O)n(CC(=S)Nc1ccccc1OC)c(=O)n2C. The van der Waals surface area contributed by atoms with Gasteiger partial charge < -0.3 is 20.7 Å². The van der Waals surface area contributed by atoms with Crippen molar-refractivity contribution in [3.8, 4) is 17.6 Å². The molecule has 0 saturated carbocycles. The number of imidazole rings is 1. The van der Waals surface area contributed by atoms with Gasteiger partial charge in [0.25, 0.3) is 5.56 Å². The summed E-state index contributed by atoms with van der Waals surface area (Å²) in [6.45, 7) is 3.31. The maximum absolute atomic E-state index is 13.6. The molecule has 3 N–H and O–H groups in total. The van der Waals surface area contributed by atoms with Crippen LogP contribution in [0.2, 0.25) is 0 Å². The van der Waals surface area contributed by atoms with Crippen LogP contribution in [0.25, 0.3) is 11.2 Å². The highest BCUT2D eigenvalue weighted by atomic mass is 32.1. The van der Waals surface area contributed by atoms with Crippen molar-refractivity contribution in [2.45, 2.75) is 38.9 Å². The fraction of sp³-hybridized carbons (Fsp3) is 0.417. The predicted molar refractivity (Wildman–Crippen MR) is 141 cm³/mol. The Bertz CT molecular complexity index is 1440. The first-order chi connectivity index (χ1) is 16.8. The number of hydrogen-bond donors (Lipinski definition) is 2. The number of anilines is 2. The van der Waals surface area contributed by atoms with Gasteiger partial charge in [-0.3, -0.25) is 18.5 Å². The number of para-hydroxylation sites is 2. The third kappa shape index (κ3) is 4.80. The average Bonchev–Trinajstić information content (AvgIpc) is 3.24. The number of rotatable bonds is 6. The van der Waals surface area contributed by atoms with E-state index in [0.29, 0.717) is 40.1 Å². The molecule has 3 aromatic rings. The van der Waals surface area contributed by atoms with E-state index >= 15 is 0 Å². The van der Waals surface area contributed by atoms with Crippen molar-refractivity contribution in [3.63, 3.8) is 0 Å². The summed E-state index contributed by atoms with van der Waals surface area (Å²) in [6.07, 6.45) is 1.86. The Morgan fingerprint density at radius 2 is 2.09 bits per heavy atom. The normalized spacial score (nSPS) is 15.5. The van der Waals surface area contributed by atoms with Crippen LogP contribution >= 0.6 is 12.2 Å². The maximum Gasteiger partial charge on any atom is 0.332 e. The highest BCUT2D eigenvalue weighted by Gasteiger charge is 2.26. The standard InChI is InChI=1S/C24H29N7O3S/c1-4-5-13-30-20-21(27-23(30)29-12-8-9-16(25)14-29)28(2)24(33)31(22(20)32)15-19(35)26-17-10-6-7-11-18(17)34-3/h6-7,10-11,16H,8-9,12-15,25H2,1-3H3,(H,26,35). The number of nitrogens with two attached hydrogens (primary N) is 1. The Kier molecular flexibility index (Phi) is 7.23. The topological polar surface area (TPSA) is 112 Å². The lowest BCUT2D eigenvalue weighted by molar-refractivity contribution is 0.417. The molecule has 1 fully saturated rings. The number of aromatic nitrogens is 4. The Labute approximate surface area is 208 Å². The van der Waals surface area contributed by atoms with E-state index in [1.807, 2.05) is 18.2 Å². The lowest BCUT2D eigenvalue weighted by Gasteiger charge is -2.31. The van der Waals surface area contributed by atoms with Crippen molar-refractivity contribution < 1.29 is 4.74 Å². The molecule has 11 heteroatoms. The predicted octanol–water partition coefficient (Wildman–Crippen LogP) is 1.30. The molecule has 1 unspecified atom stereocenters. The number of thiocarbonyl (C=S) groups is 1. The molecule has 0 bridgehead atoms. The first-order valence-electron chi connectivity index (χ1n) is 11.4. The quantitative estimate of drug-likeness (QED) is 0.389. The van der Waals surface area contributed by atoms with Gasteiger partial charge in [0.2, 0.25) is 5.95 Å². The summed E-state index contributed by atoms with van der Waals surface area (Å²) in [5.74, 6) is 7.10. The van der Waals surface area contributed by atoms with Crippen LogP contribution in [0.3, 0.4) is 0 Å². The lowest BCUT2D eigenvalue weighted by atomic mass is 10.1. The number of nitrogens with one attached hydrogen (secondary N) is 1. The van der Waals surface area contributed by atoms with Gasteiger partial charge >= 0.3 is 5.69 Å². The van der Waals surface area contributed by atoms with Gasteiger partial charge in [0.05, 0.1) is 25.9 Å². The van der Waals surface area contributed by atoms with E-state index < -0.39 is 11.2 Å². The van der Waals surface area contributed by atoms with Gasteiger partial charge in [0.1, 0.15) is 10.7 Å². The van der Waals surface area contributed by atoms with Crippen molar-refractivity contribution in [3.05, 3.63) is 45.1 Å². The number of nitrogens with zero attached hydrogens (tertiary/aromatic N) is 5. The van der Waals surface area contributed by atoms with Crippen LogP contribution < -0.4 is 31.9 Å². The average molecular weight is 496 g/mol. The Hall–Kier alpha value is -3.62. The van der Waals surface area contributed by atoms with E-state index in [2.05, 4.69) is 22.1 Å². The number of ether oxygens (including phenoxy) is 1. The third-order valence-corrected chi connectivity index (χ3v) is 6.28. The minimum absolute atomic E-state index is 0.0215. The van der Waals surface area contributed by atoms with Crippen LogP contribution in [0.1, 0.15) is 19.8 Å². The zero-order valence-electron chi connectivity index (χ0n) is 20.1. The van der Waals surface area contributed by atoms with Crippen molar-refractivity contribution >= 4 is 40.0 Å². The second kappa shape index (κ2) is 10.3. The fourth-order valence-electron chi connectivity index (χ4n) is 4.32. The highest BCUT2D eigenvalue weighted by Crippen LogP contribution is 2.24. The molecule has 2 aromatic heterocycles. The van der Waals surface area contributed by atoms with Crippen LogP contribution in [0.15, 0.2) is 33.9 Å². The molecule has 0 amide bonds. The van der Waals surface area contributed by atoms with Gasteiger partial charge in [-0.15, -0.1) is 5.92 Å². The number of aryl methyl sites for hydroxylation is 1. The summed E-state index contributed by atoms with van der Waals surface area (Å²) in [5, 5.41) is 3.07. The molecule has 35 heavy (non-hydrogen) atoms. The summed E-state index contributed by atoms with van der Waals surface area (Å²) < 4.78 is 9.63. The molecule has 184 valence electrons. The van der Waals surface area contributed by atoms with E-state index in [1.54, 1.807) is 31.7 Å². The second-order valence-corrected chi connectivity index (χ2v) is 8.92. The van der Waals surface area contributed by atoms with E-state index in [4.69, 9.17) is 27.7 Å². The first kappa shape index (κ1) is 24.5. The molecular weight excluding hydrogens is 466 g/mol. The summed E-state index contributed by atoms with van der Waals surface area (Å²) in [6, 6.07) is 7.31. The summed E-state index contributed by atoms with van der Waals surface area (Å²) in [7, 11) is 3.16. The number of methoxy groups -OCH3 is 1. The minimum Gasteiger partial charge on any atom is -0.495 e. The van der Waals surface area contributed by atoms with Crippen molar-refractivity contribution in [1.82, 2.24) is 18.7 Å². The van der Waals surface area contributed by atoms with Crippen LogP contribution in [0.5, 0.6) is 5.75 Å². The summed E-state index contributed by atoms with van der Waals surface area (Å²) >= 11 is 5.49. The maximum atomic E-state index is 13.6. The Balaban J connectivity index is 1.79. The summed E-state index contributed by atoms with van der Waals surface area (Å²) in [4.78, 5) is 33.9. The van der Waals surface area contributed by atoms with Gasteiger partial charge in [0.15, 0.2) is 11.2 Å². The number of fused-ring (bicyclic) bond motifs is 1. The first-order valence-corrected chi connectivity index (χ1v) is 11.8. The number of hydrogen-bond acceptors (Lipinski definition) is 7. The molecule has 0 spiro atoms. The molecule has 0 radical (unpaired) electrons. The van der Waals surface area contributed by atoms with Crippen molar-refractivity contribution in [1.29, 1.82) is 0 Å². The van der Waals surface area contributed by atoms with Gasteiger partial charge in [-0.1, -0.05) is 30.3 Å². The Morgan fingerprint density at radius 3 is 2.80 bits per heavy atom. The molecule has 1 atom stereocenters. The molecule has 10 nitrogen and oxygen atoms in total. The monoisotopic (exact) mass is 495 g/mol. The molecule has 1 aliphatic rings. The van der Waals surface area contributed by atoms with Gasteiger partial charge in [-0.2, -0.15) is 4.98 Å². The van der Waals surface area contributed by atoms with Crippen molar-refractivity contribution in [2.24, 2.45) is 12.8 Å². The van der Waals surface area contributed by atoms with E-state index in [9.17, 15) is 9.59 Å². The third-order valence-electron chi connectivity index (χ3n) is 6.05. The van der Waals surface area contributed by atoms with E-state index in [0.717, 1.165) is 24.0 Å². The number of benzene rings is 1. The largest absolute Gasteiger partial charge is 0.495 e. The molecule has 1 aromatic carbocycles. The second-order valence-electron chi connectivity index (χ2n) is 8.43. The summed E-state index contributed by atoms with van der Waals surface area (Å²) in [5.41, 5.74) is 6.50. The molecule has 0 aliphatic carbocycles. The van der Waals surface area contributed by atoms with Gasteiger partial charge in [-0.05, 0) is 31.9 Å². The zero-order valence-corrected chi connectivity index (χ0v) is 20.9. The lowest BCUT2D eigenvalue weighted by Crippen LogP contribution is -2.44. The molecule has 3 heterocycles. The van der Waals surface area contributed by atoms with Crippen molar-refractivity contribution in [2.75, 3.05) is 30.4 Å². The zero-order chi connectivity index (χ0) is 25.1. The number of piperidine rings is 1. The highest BCUT2D eigenvalue weighted by molar-refractivity contribution is 7.80. The van der Waals surface area contributed by atoms with Crippen LogP contribution in [-0.4, -0.2) is 49.9 Å². The van der Waals surface area contributed by atoms with E-state index in [1.165, 1.54) is 4.57 Å². The molecule has 4 rings (SSSR count). The Morgan fingerprint density at radius 1 is 1.31 bits per heavy atom. The fourth-order valence-corrected chi connectivity index (χ4v) is 4.56. The van der Waals surface area contributed by atoms with Crippen LogP contribution in [-0.2, 0) is 20.1 Å². The van der Waals surface area contributed by atoms with Crippen LogP contribution in [0.4, 0.5) is 11.6 Å².